The van der Waals surface area contributed by atoms with Gasteiger partial charge >= 0.3 is 12.0 Å². The van der Waals surface area contributed by atoms with Crippen LogP contribution in [0.5, 0.6) is 0 Å². The second-order valence-corrected chi connectivity index (χ2v) is 5.10. The molecule has 0 aliphatic carbocycles. The molecule has 0 radical (unpaired) electrons. The SMILES string of the molecule is CCC1CCCCN1C(=O)N[C@H](CCC(N)=O)C(=O)O. The molecule has 0 aromatic rings. The molecule has 0 spiro atoms. The number of hydrogen-bond acceptors (Lipinski definition) is 3. The maximum absolute atomic E-state index is 12.2. The number of carbonyl (C=O) groups is 3. The molecule has 1 aliphatic heterocycles. The van der Waals surface area contributed by atoms with E-state index in [1.807, 2.05) is 6.92 Å². The summed E-state index contributed by atoms with van der Waals surface area (Å²) in [5.41, 5.74) is 5.00. The summed E-state index contributed by atoms with van der Waals surface area (Å²) >= 11 is 0. The highest BCUT2D eigenvalue weighted by Gasteiger charge is 2.28. The number of urea groups is 1. The van der Waals surface area contributed by atoms with Crippen molar-refractivity contribution < 1.29 is 19.5 Å². The van der Waals surface area contributed by atoms with Gasteiger partial charge in [-0.2, -0.15) is 0 Å². The number of carboxylic acids is 1. The number of aliphatic carboxylic acids is 1. The van der Waals surface area contributed by atoms with Crippen molar-refractivity contribution in [2.24, 2.45) is 5.73 Å². The van der Waals surface area contributed by atoms with Gasteiger partial charge in [-0.3, -0.25) is 4.79 Å². The minimum absolute atomic E-state index is 0.0149. The van der Waals surface area contributed by atoms with Gasteiger partial charge in [-0.25, -0.2) is 9.59 Å². The van der Waals surface area contributed by atoms with Gasteiger partial charge in [0.2, 0.25) is 5.91 Å². The molecule has 1 rings (SSSR count). The van der Waals surface area contributed by atoms with Gasteiger partial charge in [0, 0.05) is 19.0 Å². The van der Waals surface area contributed by atoms with Crippen LogP contribution in [0.1, 0.15) is 45.4 Å². The monoisotopic (exact) mass is 285 g/mol. The van der Waals surface area contributed by atoms with Crippen molar-refractivity contribution in [2.45, 2.75) is 57.5 Å². The number of primary amides is 1. The molecular formula is C13H23N3O4. The molecule has 0 aromatic carbocycles. The highest BCUT2D eigenvalue weighted by Crippen LogP contribution is 2.19. The third-order valence-corrected chi connectivity index (χ3v) is 3.63. The van der Waals surface area contributed by atoms with Crippen molar-refractivity contribution in [1.82, 2.24) is 10.2 Å². The summed E-state index contributed by atoms with van der Waals surface area (Å²) in [4.78, 5) is 35.7. The lowest BCUT2D eigenvalue weighted by molar-refractivity contribution is -0.139. The largest absolute Gasteiger partial charge is 0.480 e. The van der Waals surface area contributed by atoms with Gasteiger partial charge in [0.1, 0.15) is 6.04 Å². The molecule has 1 aliphatic rings. The highest BCUT2D eigenvalue weighted by molar-refractivity contribution is 5.83. The Hall–Kier alpha value is -1.79. The van der Waals surface area contributed by atoms with E-state index in [9.17, 15) is 14.4 Å². The predicted molar refractivity (Wildman–Crippen MR) is 73.0 cm³/mol. The van der Waals surface area contributed by atoms with Crippen LogP contribution in [-0.2, 0) is 9.59 Å². The minimum Gasteiger partial charge on any atom is -0.480 e. The van der Waals surface area contributed by atoms with Gasteiger partial charge in [0.15, 0.2) is 0 Å². The summed E-state index contributed by atoms with van der Waals surface area (Å²) in [6.07, 6.45) is 3.78. The van der Waals surface area contributed by atoms with Crippen molar-refractivity contribution in [3.05, 3.63) is 0 Å². The first kappa shape index (κ1) is 16.3. The molecule has 4 N–H and O–H groups in total. The molecule has 0 aromatic heterocycles. The van der Waals surface area contributed by atoms with Crippen molar-refractivity contribution >= 4 is 17.9 Å². The van der Waals surface area contributed by atoms with Crippen LogP contribution >= 0.6 is 0 Å². The first-order chi connectivity index (χ1) is 9.45. The molecule has 0 saturated carbocycles. The third kappa shape index (κ3) is 4.71. The number of rotatable bonds is 6. The van der Waals surface area contributed by atoms with E-state index in [2.05, 4.69) is 5.32 Å². The number of nitrogens with one attached hydrogen (secondary N) is 1. The van der Waals surface area contributed by atoms with Crippen molar-refractivity contribution in [3.63, 3.8) is 0 Å². The van der Waals surface area contributed by atoms with Crippen LogP contribution in [0.2, 0.25) is 0 Å². The topological polar surface area (TPSA) is 113 Å². The second kappa shape index (κ2) is 7.72. The molecule has 1 fully saturated rings. The van der Waals surface area contributed by atoms with Crippen LogP contribution in [0.15, 0.2) is 0 Å². The molecule has 1 heterocycles. The maximum Gasteiger partial charge on any atom is 0.326 e. The molecule has 114 valence electrons. The van der Waals surface area contributed by atoms with E-state index < -0.39 is 17.9 Å². The fourth-order valence-corrected chi connectivity index (χ4v) is 2.47. The van der Waals surface area contributed by atoms with Crippen molar-refractivity contribution in [2.75, 3.05) is 6.54 Å². The van der Waals surface area contributed by atoms with Crippen LogP contribution in [0.25, 0.3) is 0 Å². The van der Waals surface area contributed by atoms with Crippen LogP contribution in [0, 0.1) is 0 Å². The Bertz CT molecular complexity index is 373. The normalized spacial score (nSPS) is 20.2. The van der Waals surface area contributed by atoms with Crippen LogP contribution in [-0.4, -0.2) is 46.5 Å². The number of nitrogens with zero attached hydrogens (tertiary/aromatic N) is 1. The smallest absolute Gasteiger partial charge is 0.326 e. The average molecular weight is 285 g/mol. The summed E-state index contributed by atoms with van der Waals surface area (Å²) in [6.45, 7) is 2.66. The summed E-state index contributed by atoms with van der Waals surface area (Å²) in [5, 5.41) is 11.6. The summed E-state index contributed by atoms with van der Waals surface area (Å²) in [7, 11) is 0. The van der Waals surface area contributed by atoms with Gasteiger partial charge in [-0.05, 0) is 32.1 Å². The van der Waals surface area contributed by atoms with Crippen molar-refractivity contribution in [1.29, 1.82) is 0 Å². The summed E-state index contributed by atoms with van der Waals surface area (Å²) < 4.78 is 0. The molecule has 7 heteroatoms. The van der Waals surface area contributed by atoms with Gasteiger partial charge in [-0.1, -0.05) is 6.92 Å². The third-order valence-electron chi connectivity index (χ3n) is 3.63. The van der Waals surface area contributed by atoms with E-state index in [1.54, 1.807) is 4.90 Å². The lowest BCUT2D eigenvalue weighted by Gasteiger charge is -2.35. The van der Waals surface area contributed by atoms with Gasteiger partial charge < -0.3 is 21.1 Å². The zero-order valence-corrected chi connectivity index (χ0v) is 11.8. The van der Waals surface area contributed by atoms with Crippen molar-refractivity contribution in [3.8, 4) is 0 Å². The second-order valence-electron chi connectivity index (χ2n) is 5.10. The quantitative estimate of drug-likeness (QED) is 0.666. The standard InChI is InChI=1S/C13H23N3O4/c1-2-9-5-3-4-8-16(9)13(20)15-10(12(18)19)6-7-11(14)17/h9-10H,2-8H2,1H3,(H2,14,17)(H,15,20)(H,18,19)/t9?,10-/m1/s1. The molecule has 3 amide bonds. The molecule has 1 unspecified atom stereocenters. The van der Waals surface area contributed by atoms with Crippen LogP contribution in [0.4, 0.5) is 4.79 Å². The molecule has 1 saturated heterocycles. The Morgan fingerprint density at radius 2 is 2.10 bits per heavy atom. The minimum atomic E-state index is -1.15. The van der Waals surface area contributed by atoms with E-state index in [0.29, 0.717) is 6.54 Å². The first-order valence-corrected chi connectivity index (χ1v) is 7.04. The molecule has 20 heavy (non-hydrogen) atoms. The lowest BCUT2D eigenvalue weighted by atomic mass is 10.0. The van der Waals surface area contributed by atoms with Gasteiger partial charge in [0.05, 0.1) is 0 Å². The number of carboxylic acid groups (broad SMARTS) is 1. The average Bonchev–Trinajstić information content (AvgIpc) is 2.42. The van der Waals surface area contributed by atoms with Crippen LogP contribution in [0.3, 0.4) is 0 Å². The Balaban J connectivity index is 2.59. The number of hydrogen-bond donors (Lipinski definition) is 3. The number of nitrogens with two attached hydrogens (primary N) is 1. The number of likely N-dealkylation sites (tertiary alicyclic amines) is 1. The van der Waals surface area contributed by atoms with Gasteiger partial charge in [-0.15, -0.1) is 0 Å². The lowest BCUT2D eigenvalue weighted by Crippen LogP contribution is -2.52. The zero-order valence-electron chi connectivity index (χ0n) is 11.8. The molecule has 7 nitrogen and oxygen atoms in total. The molecular weight excluding hydrogens is 262 g/mol. The predicted octanol–water partition coefficient (Wildman–Crippen LogP) is 0.679. The molecule has 2 atom stereocenters. The Morgan fingerprint density at radius 1 is 1.40 bits per heavy atom. The number of carbonyl (C=O) groups excluding carboxylic acids is 2. The van der Waals surface area contributed by atoms with Gasteiger partial charge in [0.25, 0.3) is 0 Å². The van der Waals surface area contributed by atoms with E-state index in [4.69, 9.17) is 10.8 Å². The van der Waals surface area contributed by atoms with Crippen LogP contribution < -0.4 is 11.1 Å². The fourth-order valence-electron chi connectivity index (χ4n) is 2.47. The highest BCUT2D eigenvalue weighted by atomic mass is 16.4. The maximum atomic E-state index is 12.2. The van der Waals surface area contributed by atoms with E-state index in [0.717, 1.165) is 25.7 Å². The Kier molecular flexibility index (Phi) is 6.27. The Morgan fingerprint density at radius 3 is 2.65 bits per heavy atom. The summed E-state index contributed by atoms with van der Waals surface area (Å²) in [5.74, 6) is -1.72. The van der Waals surface area contributed by atoms with E-state index in [-0.39, 0.29) is 24.9 Å². The fraction of sp³-hybridized carbons (Fsp3) is 0.769. The van der Waals surface area contributed by atoms with E-state index >= 15 is 0 Å². The zero-order chi connectivity index (χ0) is 15.1. The number of piperidine rings is 1. The Labute approximate surface area is 118 Å². The van der Waals surface area contributed by atoms with E-state index in [1.165, 1.54) is 0 Å². The first-order valence-electron chi connectivity index (χ1n) is 7.04. The molecule has 0 bridgehead atoms. The number of amides is 3. The summed E-state index contributed by atoms with van der Waals surface area (Å²) in [6, 6.07) is -1.28.